The second-order valence-corrected chi connectivity index (χ2v) is 7.14. The van der Waals surface area contributed by atoms with E-state index >= 15 is 0 Å². The Morgan fingerprint density at radius 2 is 1.95 bits per heavy atom. The second-order valence-electron chi connectivity index (χ2n) is 5.86. The molecule has 1 aromatic rings. The molecule has 124 valence electrons. The molecule has 0 saturated carbocycles. The van der Waals surface area contributed by atoms with E-state index in [4.69, 9.17) is 0 Å². The van der Waals surface area contributed by atoms with Gasteiger partial charge in [-0.25, -0.2) is 0 Å². The second kappa shape index (κ2) is 11.9. The Morgan fingerprint density at radius 3 is 2.64 bits per heavy atom. The van der Waals surface area contributed by atoms with Crippen LogP contribution in [0.25, 0.3) is 0 Å². The van der Waals surface area contributed by atoms with E-state index in [-0.39, 0.29) is 11.7 Å². The Hall–Kier alpha value is -0.650. The van der Waals surface area contributed by atoms with E-state index in [0.717, 1.165) is 25.9 Å². The minimum Gasteiger partial charge on any atom is -0.355 e. The number of thiol groups is 1. The zero-order valence-corrected chi connectivity index (χ0v) is 15.3. The number of nitrogens with one attached hydrogen (secondary N) is 2. The first-order chi connectivity index (χ1) is 10.6. The van der Waals surface area contributed by atoms with Crippen LogP contribution in [0.1, 0.15) is 33.1 Å². The smallest absolute Gasteiger partial charge is 0.229 e. The van der Waals surface area contributed by atoms with Crippen LogP contribution in [0.3, 0.4) is 0 Å². The predicted octanol–water partition coefficient (Wildman–Crippen LogP) is 3.77. The van der Waals surface area contributed by atoms with E-state index in [1.807, 2.05) is 6.07 Å². The highest BCUT2D eigenvalue weighted by atomic mass is 32.2. The van der Waals surface area contributed by atoms with Crippen LogP contribution in [0.4, 0.5) is 0 Å². The lowest BCUT2D eigenvalue weighted by Gasteiger charge is -2.17. The summed E-state index contributed by atoms with van der Waals surface area (Å²) in [5.41, 5.74) is 0. The summed E-state index contributed by atoms with van der Waals surface area (Å²) < 4.78 is 3.45. The standard InChI is InChI=1S/C17H28N2OS2/c1-14(7-6-10-18-17(20)13-21)11-15(2)12-19-22-16-8-4-3-5-9-16/h3-5,8-9,14-15,19,21H,6-7,10-13H2,1-2H3,(H,18,20). The third-order valence-electron chi connectivity index (χ3n) is 3.51. The van der Waals surface area contributed by atoms with Gasteiger partial charge < -0.3 is 5.32 Å². The maximum Gasteiger partial charge on any atom is 0.229 e. The SMILES string of the molecule is CC(CCCNC(=O)CS)CC(C)CNSc1ccccc1. The van der Waals surface area contributed by atoms with E-state index in [9.17, 15) is 4.79 Å². The maximum absolute atomic E-state index is 11.1. The number of carbonyl (C=O) groups excluding carboxylic acids is 1. The van der Waals surface area contributed by atoms with Crippen LogP contribution in [-0.4, -0.2) is 24.7 Å². The van der Waals surface area contributed by atoms with Crippen LogP contribution in [0.2, 0.25) is 0 Å². The Kier molecular flexibility index (Phi) is 10.5. The molecule has 0 bridgehead atoms. The third-order valence-corrected chi connectivity index (χ3v) is 4.62. The summed E-state index contributed by atoms with van der Waals surface area (Å²) in [7, 11) is 0. The predicted molar refractivity (Wildman–Crippen MR) is 99.3 cm³/mol. The van der Waals surface area contributed by atoms with Crippen LogP contribution in [0.5, 0.6) is 0 Å². The first kappa shape index (κ1) is 19.4. The number of hydrogen-bond donors (Lipinski definition) is 3. The Morgan fingerprint density at radius 1 is 1.23 bits per heavy atom. The molecule has 0 aliphatic carbocycles. The van der Waals surface area contributed by atoms with Crippen molar-refractivity contribution < 1.29 is 4.79 Å². The molecule has 0 radical (unpaired) electrons. The third kappa shape index (κ3) is 9.38. The van der Waals surface area contributed by atoms with Crippen LogP contribution in [0.15, 0.2) is 35.2 Å². The molecule has 0 spiro atoms. The fraction of sp³-hybridized carbons (Fsp3) is 0.588. The minimum atomic E-state index is 0.0199. The summed E-state index contributed by atoms with van der Waals surface area (Å²) in [5.74, 6) is 1.63. The highest BCUT2D eigenvalue weighted by molar-refractivity contribution is 7.97. The van der Waals surface area contributed by atoms with Crippen molar-refractivity contribution in [3.8, 4) is 0 Å². The molecule has 2 unspecified atom stereocenters. The van der Waals surface area contributed by atoms with Crippen molar-refractivity contribution >= 4 is 30.5 Å². The monoisotopic (exact) mass is 340 g/mol. The molecular formula is C17H28N2OS2. The van der Waals surface area contributed by atoms with E-state index in [0.29, 0.717) is 11.8 Å². The van der Waals surface area contributed by atoms with E-state index < -0.39 is 0 Å². The number of amides is 1. The average Bonchev–Trinajstić information content (AvgIpc) is 2.52. The molecule has 0 aliphatic heterocycles. The zero-order valence-electron chi connectivity index (χ0n) is 13.5. The Bertz CT molecular complexity index is 414. The Labute approximate surface area is 144 Å². The zero-order chi connectivity index (χ0) is 16.2. The maximum atomic E-state index is 11.1. The summed E-state index contributed by atoms with van der Waals surface area (Å²) in [6, 6.07) is 10.4. The lowest BCUT2D eigenvalue weighted by Crippen LogP contribution is -2.25. The molecule has 1 aromatic carbocycles. The molecule has 0 heterocycles. The molecular weight excluding hydrogens is 312 g/mol. The minimum absolute atomic E-state index is 0.0199. The van der Waals surface area contributed by atoms with Crippen molar-refractivity contribution in [3.63, 3.8) is 0 Å². The summed E-state index contributed by atoms with van der Waals surface area (Å²) in [6.07, 6.45) is 3.41. The van der Waals surface area contributed by atoms with Crippen LogP contribution < -0.4 is 10.0 Å². The van der Waals surface area contributed by atoms with Gasteiger partial charge in [-0.05, 0) is 55.2 Å². The van der Waals surface area contributed by atoms with Gasteiger partial charge in [-0.2, -0.15) is 12.6 Å². The molecule has 0 aromatic heterocycles. The van der Waals surface area contributed by atoms with Crippen LogP contribution in [0, 0.1) is 11.8 Å². The lowest BCUT2D eigenvalue weighted by atomic mass is 9.94. The summed E-state index contributed by atoms with van der Waals surface area (Å²) in [5, 5.41) is 2.86. The summed E-state index contributed by atoms with van der Waals surface area (Å²) in [6.45, 7) is 6.36. The van der Waals surface area contributed by atoms with Gasteiger partial charge in [-0.15, -0.1) is 0 Å². The van der Waals surface area contributed by atoms with Gasteiger partial charge in [0.05, 0.1) is 5.75 Å². The van der Waals surface area contributed by atoms with Gasteiger partial charge in [0.1, 0.15) is 0 Å². The first-order valence-electron chi connectivity index (χ1n) is 7.94. The average molecular weight is 341 g/mol. The fourth-order valence-electron chi connectivity index (χ4n) is 2.38. The molecule has 2 atom stereocenters. The van der Waals surface area contributed by atoms with Crippen molar-refractivity contribution in [2.75, 3.05) is 18.8 Å². The van der Waals surface area contributed by atoms with Gasteiger partial charge in [-0.3, -0.25) is 9.52 Å². The van der Waals surface area contributed by atoms with Crippen molar-refractivity contribution in [1.29, 1.82) is 0 Å². The van der Waals surface area contributed by atoms with Gasteiger partial charge in [0, 0.05) is 18.0 Å². The highest BCUT2D eigenvalue weighted by Crippen LogP contribution is 2.18. The van der Waals surface area contributed by atoms with Crippen molar-refractivity contribution in [2.45, 2.75) is 38.0 Å². The number of carbonyl (C=O) groups is 1. The fourth-order valence-corrected chi connectivity index (χ4v) is 3.32. The first-order valence-corrected chi connectivity index (χ1v) is 9.39. The topological polar surface area (TPSA) is 41.1 Å². The quantitative estimate of drug-likeness (QED) is 0.326. The molecule has 0 aliphatic rings. The molecule has 3 nitrogen and oxygen atoms in total. The van der Waals surface area contributed by atoms with Crippen molar-refractivity contribution in [2.24, 2.45) is 11.8 Å². The number of hydrogen-bond acceptors (Lipinski definition) is 4. The van der Waals surface area contributed by atoms with Crippen molar-refractivity contribution in [3.05, 3.63) is 30.3 Å². The van der Waals surface area contributed by atoms with Gasteiger partial charge in [-0.1, -0.05) is 32.0 Å². The summed E-state index contributed by atoms with van der Waals surface area (Å²) >= 11 is 5.64. The molecule has 5 heteroatoms. The number of rotatable bonds is 11. The van der Waals surface area contributed by atoms with Gasteiger partial charge in [0.25, 0.3) is 0 Å². The van der Waals surface area contributed by atoms with E-state index in [1.165, 1.54) is 11.3 Å². The molecule has 0 fully saturated rings. The summed E-state index contributed by atoms with van der Waals surface area (Å²) in [4.78, 5) is 12.3. The molecule has 1 rings (SSSR count). The van der Waals surface area contributed by atoms with Gasteiger partial charge in [0.15, 0.2) is 0 Å². The molecule has 2 N–H and O–H groups in total. The van der Waals surface area contributed by atoms with Gasteiger partial charge in [0.2, 0.25) is 5.91 Å². The van der Waals surface area contributed by atoms with Crippen LogP contribution >= 0.6 is 24.6 Å². The lowest BCUT2D eigenvalue weighted by molar-refractivity contribution is -0.118. The molecule has 1 amide bonds. The molecule has 22 heavy (non-hydrogen) atoms. The normalized spacial score (nSPS) is 13.6. The van der Waals surface area contributed by atoms with Crippen LogP contribution in [-0.2, 0) is 4.79 Å². The molecule has 0 saturated heterocycles. The Balaban J connectivity index is 2.05. The largest absolute Gasteiger partial charge is 0.355 e. The van der Waals surface area contributed by atoms with Gasteiger partial charge >= 0.3 is 0 Å². The number of benzene rings is 1. The highest BCUT2D eigenvalue weighted by Gasteiger charge is 2.09. The van der Waals surface area contributed by atoms with E-state index in [2.05, 4.69) is 60.8 Å². The van der Waals surface area contributed by atoms with Crippen molar-refractivity contribution in [1.82, 2.24) is 10.0 Å². The van der Waals surface area contributed by atoms with E-state index in [1.54, 1.807) is 11.9 Å².